The van der Waals surface area contributed by atoms with Gasteiger partial charge in [-0.3, -0.25) is 4.79 Å². The maximum atomic E-state index is 12.1. The molecule has 19 heavy (non-hydrogen) atoms. The second-order valence-electron chi connectivity index (χ2n) is 5.71. The molecule has 0 bridgehead atoms. The first kappa shape index (κ1) is 11.4. The quantitative estimate of drug-likeness (QED) is 0.809. The van der Waals surface area contributed by atoms with Gasteiger partial charge < -0.3 is 15.4 Å². The van der Waals surface area contributed by atoms with Crippen molar-refractivity contribution >= 4 is 5.91 Å². The van der Waals surface area contributed by atoms with Gasteiger partial charge in [0.25, 0.3) is 0 Å². The average molecular weight is 258 g/mol. The van der Waals surface area contributed by atoms with Crippen LogP contribution in [0.2, 0.25) is 0 Å². The van der Waals surface area contributed by atoms with Gasteiger partial charge in [0.1, 0.15) is 6.04 Å². The van der Waals surface area contributed by atoms with E-state index in [-0.39, 0.29) is 11.9 Å². The lowest BCUT2D eigenvalue weighted by atomic mass is 10.1. The third-order valence-corrected chi connectivity index (χ3v) is 4.59. The molecule has 3 aliphatic rings. The summed E-state index contributed by atoms with van der Waals surface area (Å²) in [6.07, 6.45) is 1.11. The van der Waals surface area contributed by atoms with Crippen molar-refractivity contribution in [2.75, 3.05) is 19.8 Å². The number of amides is 1. The predicted octanol–water partition coefficient (Wildman–Crippen LogP) is 0.429. The van der Waals surface area contributed by atoms with Crippen LogP contribution in [-0.4, -0.2) is 37.7 Å². The van der Waals surface area contributed by atoms with Crippen LogP contribution in [0.5, 0.6) is 0 Å². The Hall–Kier alpha value is -1.39. The number of ether oxygens (including phenoxy) is 1. The first-order valence-electron chi connectivity index (χ1n) is 7.04. The molecular formula is C15H18N2O2. The Kier molecular flexibility index (Phi) is 2.60. The normalized spacial score (nSPS) is 35.4. The summed E-state index contributed by atoms with van der Waals surface area (Å²) in [5, 5.41) is 6.38. The Bertz CT molecular complexity index is 511. The molecule has 2 fully saturated rings. The topological polar surface area (TPSA) is 50.4 Å². The van der Waals surface area contributed by atoms with Crippen molar-refractivity contribution in [2.45, 2.75) is 24.4 Å². The highest BCUT2D eigenvalue weighted by Gasteiger charge is 2.56. The minimum Gasteiger partial charge on any atom is -0.378 e. The second kappa shape index (κ2) is 4.32. The van der Waals surface area contributed by atoms with Gasteiger partial charge in [0, 0.05) is 18.5 Å². The molecule has 1 amide bonds. The van der Waals surface area contributed by atoms with Crippen LogP contribution in [0.15, 0.2) is 24.3 Å². The van der Waals surface area contributed by atoms with Crippen LogP contribution < -0.4 is 10.6 Å². The number of morpholine rings is 1. The Balaban J connectivity index is 1.41. The molecule has 1 saturated carbocycles. The fourth-order valence-corrected chi connectivity index (χ4v) is 3.55. The number of benzene rings is 1. The summed E-state index contributed by atoms with van der Waals surface area (Å²) >= 11 is 0. The van der Waals surface area contributed by atoms with Crippen LogP contribution in [0.25, 0.3) is 0 Å². The molecule has 100 valence electrons. The van der Waals surface area contributed by atoms with Gasteiger partial charge in [-0.1, -0.05) is 24.3 Å². The number of nitrogens with one attached hydrogen (secondary N) is 2. The zero-order valence-corrected chi connectivity index (χ0v) is 10.8. The molecule has 4 atom stereocenters. The molecule has 2 aliphatic carbocycles. The molecule has 4 nitrogen and oxygen atoms in total. The van der Waals surface area contributed by atoms with E-state index in [0.29, 0.717) is 31.1 Å². The van der Waals surface area contributed by atoms with Gasteiger partial charge in [0.15, 0.2) is 0 Å². The number of rotatable bonds is 2. The second-order valence-corrected chi connectivity index (χ2v) is 5.71. The van der Waals surface area contributed by atoms with Crippen molar-refractivity contribution in [2.24, 2.45) is 5.92 Å². The SMILES string of the molecule is O=C(NC1C2Cc3ccccc3C21)C1COCCN1. The lowest BCUT2D eigenvalue weighted by molar-refractivity contribution is -0.126. The first-order valence-corrected chi connectivity index (χ1v) is 7.04. The number of carbonyl (C=O) groups is 1. The highest BCUT2D eigenvalue weighted by atomic mass is 16.5. The van der Waals surface area contributed by atoms with E-state index in [2.05, 4.69) is 34.9 Å². The summed E-state index contributed by atoms with van der Waals surface area (Å²) in [6, 6.07) is 8.76. The zero-order valence-electron chi connectivity index (χ0n) is 10.8. The molecule has 4 heteroatoms. The molecular weight excluding hydrogens is 240 g/mol. The first-order chi connectivity index (χ1) is 9.34. The highest BCUT2D eigenvalue weighted by Crippen LogP contribution is 2.56. The minimum atomic E-state index is -0.176. The summed E-state index contributed by atoms with van der Waals surface area (Å²) in [5.74, 6) is 1.26. The number of hydrogen-bond donors (Lipinski definition) is 2. The largest absolute Gasteiger partial charge is 0.378 e. The van der Waals surface area contributed by atoms with Crippen molar-refractivity contribution in [3.63, 3.8) is 0 Å². The summed E-state index contributed by atoms with van der Waals surface area (Å²) in [6.45, 7) is 1.95. The van der Waals surface area contributed by atoms with Gasteiger partial charge in [-0.15, -0.1) is 0 Å². The maximum absolute atomic E-state index is 12.1. The van der Waals surface area contributed by atoms with E-state index in [1.54, 1.807) is 0 Å². The molecule has 4 unspecified atom stereocenters. The van der Waals surface area contributed by atoms with Gasteiger partial charge in [-0.25, -0.2) is 0 Å². The summed E-state index contributed by atoms with van der Waals surface area (Å²) < 4.78 is 5.33. The Morgan fingerprint density at radius 3 is 3.11 bits per heavy atom. The Labute approximate surface area is 112 Å². The predicted molar refractivity (Wildman–Crippen MR) is 70.9 cm³/mol. The zero-order chi connectivity index (χ0) is 12.8. The average Bonchev–Trinajstić information content (AvgIpc) is 2.97. The van der Waals surface area contributed by atoms with Crippen LogP contribution in [-0.2, 0) is 16.0 Å². The Morgan fingerprint density at radius 2 is 2.26 bits per heavy atom. The third-order valence-electron chi connectivity index (χ3n) is 4.59. The van der Waals surface area contributed by atoms with Crippen molar-refractivity contribution in [3.05, 3.63) is 35.4 Å². The van der Waals surface area contributed by atoms with Crippen LogP contribution in [0, 0.1) is 5.92 Å². The fraction of sp³-hybridized carbons (Fsp3) is 0.533. The molecule has 1 aromatic rings. The molecule has 4 rings (SSSR count). The maximum Gasteiger partial charge on any atom is 0.239 e. The number of carbonyl (C=O) groups excluding carboxylic acids is 1. The van der Waals surface area contributed by atoms with Crippen LogP contribution >= 0.6 is 0 Å². The van der Waals surface area contributed by atoms with E-state index in [1.165, 1.54) is 11.1 Å². The van der Waals surface area contributed by atoms with E-state index in [0.717, 1.165) is 13.0 Å². The molecule has 1 saturated heterocycles. The van der Waals surface area contributed by atoms with Gasteiger partial charge >= 0.3 is 0 Å². The summed E-state index contributed by atoms with van der Waals surface area (Å²) in [5.41, 5.74) is 2.90. The number of fused-ring (bicyclic) bond motifs is 3. The number of hydrogen-bond acceptors (Lipinski definition) is 3. The van der Waals surface area contributed by atoms with E-state index in [9.17, 15) is 4.79 Å². The minimum absolute atomic E-state index is 0.0941. The third kappa shape index (κ3) is 1.86. The molecule has 0 spiro atoms. The van der Waals surface area contributed by atoms with Crippen molar-refractivity contribution < 1.29 is 9.53 Å². The highest BCUT2D eigenvalue weighted by molar-refractivity contribution is 5.83. The monoisotopic (exact) mass is 258 g/mol. The van der Waals surface area contributed by atoms with Crippen LogP contribution in [0.3, 0.4) is 0 Å². The van der Waals surface area contributed by atoms with Gasteiger partial charge in [-0.05, 0) is 23.5 Å². The van der Waals surface area contributed by atoms with Crippen molar-refractivity contribution in [1.29, 1.82) is 0 Å². The molecule has 2 N–H and O–H groups in total. The lowest BCUT2D eigenvalue weighted by Crippen LogP contribution is -2.52. The van der Waals surface area contributed by atoms with Crippen LogP contribution in [0.1, 0.15) is 17.0 Å². The van der Waals surface area contributed by atoms with Gasteiger partial charge in [0.2, 0.25) is 5.91 Å². The van der Waals surface area contributed by atoms with E-state index >= 15 is 0 Å². The summed E-state index contributed by atoms with van der Waals surface area (Å²) in [7, 11) is 0. The van der Waals surface area contributed by atoms with Crippen molar-refractivity contribution in [1.82, 2.24) is 10.6 Å². The van der Waals surface area contributed by atoms with E-state index < -0.39 is 0 Å². The lowest BCUT2D eigenvalue weighted by Gasteiger charge is -2.23. The van der Waals surface area contributed by atoms with Gasteiger partial charge in [-0.2, -0.15) is 0 Å². The van der Waals surface area contributed by atoms with E-state index in [1.807, 2.05) is 0 Å². The fourth-order valence-electron chi connectivity index (χ4n) is 3.55. The molecule has 1 heterocycles. The molecule has 0 radical (unpaired) electrons. The molecule has 1 aromatic carbocycles. The van der Waals surface area contributed by atoms with Crippen molar-refractivity contribution in [3.8, 4) is 0 Å². The van der Waals surface area contributed by atoms with E-state index in [4.69, 9.17) is 4.74 Å². The van der Waals surface area contributed by atoms with Gasteiger partial charge in [0.05, 0.1) is 13.2 Å². The summed E-state index contributed by atoms with van der Waals surface area (Å²) in [4.78, 5) is 12.1. The van der Waals surface area contributed by atoms with Crippen LogP contribution in [0.4, 0.5) is 0 Å². The smallest absolute Gasteiger partial charge is 0.239 e. The molecule has 1 aliphatic heterocycles. The molecule has 0 aromatic heterocycles. The standard InChI is InChI=1S/C15H18N2O2/c18-15(12-8-19-6-5-16-12)17-14-11-7-9-3-1-2-4-10(9)13(11)14/h1-4,11-14,16H,5-8H2,(H,17,18). The Morgan fingerprint density at radius 1 is 1.37 bits per heavy atom.